The van der Waals surface area contributed by atoms with Gasteiger partial charge in [-0.3, -0.25) is 0 Å². The molecule has 0 spiro atoms. The quantitative estimate of drug-likeness (QED) is 0.819. The number of rotatable bonds is 3. The van der Waals surface area contributed by atoms with Crippen molar-refractivity contribution < 1.29 is 4.74 Å². The fraction of sp³-hybridized carbons (Fsp3) is 0.294. The summed E-state index contributed by atoms with van der Waals surface area (Å²) in [4.78, 5) is 0. The van der Waals surface area contributed by atoms with Crippen LogP contribution in [0.5, 0.6) is 5.75 Å². The van der Waals surface area contributed by atoms with Gasteiger partial charge < -0.3 is 10.5 Å². The second kappa shape index (κ2) is 6.39. The van der Waals surface area contributed by atoms with E-state index >= 15 is 0 Å². The van der Waals surface area contributed by atoms with Crippen LogP contribution in [0.2, 0.25) is 5.02 Å². The van der Waals surface area contributed by atoms with Crippen LogP contribution in [-0.2, 0) is 0 Å². The van der Waals surface area contributed by atoms with Crippen LogP contribution in [0.4, 0.5) is 0 Å². The van der Waals surface area contributed by atoms with E-state index in [1.54, 1.807) is 7.11 Å². The normalized spacial score (nSPS) is 12.3. The standard InChI is InChI=1S/C17H19BrClNO/c1-9-6-5-7-12(15(9)19)16(20)14-11(3)13(18)8-10(2)17(14)21-4/h5-8,16H,20H2,1-4H3. The molecule has 0 aliphatic rings. The molecule has 0 heterocycles. The predicted octanol–water partition coefficient (Wildman–Crippen LogP) is 5.08. The van der Waals surface area contributed by atoms with Crippen LogP contribution in [-0.4, -0.2) is 7.11 Å². The molecule has 21 heavy (non-hydrogen) atoms. The average Bonchev–Trinajstić information content (AvgIpc) is 2.44. The lowest BCUT2D eigenvalue weighted by Gasteiger charge is -2.22. The minimum Gasteiger partial charge on any atom is -0.496 e. The van der Waals surface area contributed by atoms with Crippen LogP contribution in [0, 0.1) is 20.8 Å². The molecule has 1 unspecified atom stereocenters. The average molecular weight is 369 g/mol. The number of hydrogen-bond donors (Lipinski definition) is 1. The second-order valence-electron chi connectivity index (χ2n) is 5.20. The van der Waals surface area contributed by atoms with E-state index in [0.717, 1.165) is 38.0 Å². The number of benzene rings is 2. The Balaban J connectivity index is 2.68. The molecule has 0 aliphatic heterocycles. The van der Waals surface area contributed by atoms with E-state index in [9.17, 15) is 0 Å². The zero-order valence-corrected chi connectivity index (χ0v) is 15.0. The summed E-state index contributed by atoms with van der Waals surface area (Å²) in [5, 5.41) is 0.712. The molecule has 0 aliphatic carbocycles. The van der Waals surface area contributed by atoms with Crippen molar-refractivity contribution in [2.24, 2.45) is 5.73 Å². The molecule has 4 heteroatoms. The Labute approximate surface area is 139 Å². The molecule has 0 aromatic heterocycles. The number of nitrogens with two attached hydrogens (primary N) is 1. The molecule has 2 aromatic carbocycles. The highest BCUT2D eigenvalue weighted by Crippen LogP contribution is 2.39. The highest BCUT2D eigenvalue weighted by Gasteiger charge is 2.22. The van der Waals surface area contributed by atoms with Gasteiger partial charge >= 0.3 is 0 Å². The van der Waals surface area contributed by atoms with Gasteiger partial charge in [0.05, 0.1) is 13.2 Å². The van der Waals surface area contributed by atoms with Gasteiger partial charge in [0.25, 0.3) is 0 Å². The third-order valence-electron chi connectivity index (χ3n) is 3.78. The van der Waals surface area contributed by atoms with Gasteiger partial charge in [-0.05, 0) is 49.1 Å². The first-order valence-electron chi connectivity index (χ1n) is 6.72. The molecule has 2 N–H and O–H groups in total. The van der Waals surface area contributed by atoms with Crippen molar-refractivity contribution in [3.05, 3.63) is 61.6 Å². The maximum Gasteiger partial charge on any atom is 0.127 e. The minimum atomic E-state index is -0.330. The van der Waals surface area contributed by atoms with Crippen LogP contribution in [0.15, 0.2) is 28.7 Å². The van der Waals surface area contributed by atoms with Crippen molar-refractivity contribution >= 4 is 27.5 Å². The number of halogens is 2. The third kappa shape index (κ3) is 2.96. The summed E-state index contributed by atoms with van der Waals surface area (Å²) in [6.07, 6.45) is 0. The van der Waals surface area contributed by atoms with Crippen molar-refractivity contribution in [2.45, 2.75) is 26.8 Å². The van der Waals surface area contributed by atoms with Gasteiger partial charge in [0.1, 0.15) is 5.75 Å². The number of aryl methyl sites for hydroxylation is 2. The molecular weight excluding hydrogens is 350 g/mol. The predicted molar refractivity (Wildman–Crippen MR) is 92.4 cm³/mol. The Morgan fingerprint density at radius 3 is 2.48 bits per heavy atom. The summed E-state index contributed by atoms with van der Waals surface area (Å²) in [7, 11) is 1.67. The molecule has 1 atom stereocenters. The maximum atomic E-state index is 6.52. The van der Waals surface area contributed by atoms with Crippen LogP contribution in [0.3, 0.4) is 0 Å². The van der Waals surface area contributed by atoms with Gasteiger partial charge in [-0.25, -0.2) is 0 Å². The molecule has 2 aromatic rings. The highest BCUT2D eigenvalue weighted by atomic mass is 79.9. The van der Waals surface area contributed by atoms with Crippen molar-refractivity contribution in [3.63, 3.8) is 0 Å². The summed E-state index contributed by atoms with van der Waals surface area (Å²) in [5.74, 6) is 0.820. The van der Waals surface area contributed by atoms with Crippen molar-refractivity contribution in [1.82, 2.24) is 0 Å². The van der Waals surface area contributed by atoms with Crippen LogP contribution in [0.1, 0.15) is 33.9 Å². The summed E-state index contributed by atoms with van der Waals surface area (Å²) >= 11 is 10.0. The van der Waals surface area contributed by atoms with Crippen LogP contribution in [0.25, 0.3) is 0 Å². The lowest BCUT2D eigenvalue weighted by atomic mass is 9.92. The van der Waals surface area contributed by atoms with E-state index in [1.807, 2.05) is 45.0 Å². The Kier molecular flexibility index (Phi) is 4.97. The van der Waals surface area contributed by atoms with Gasteiger partial charge in [0.2, 0.25) is 0 Å². The number of hydrogen-bond acceptors (Lipinski definition) is 2. The SMILES string of the molecule is COc1c(C)cc(Br)c(C)c1C(N)c1cccc(C)c1Cl. The molecule has 0 radical (unpaired) electrons. The van der Waals surface area contributed by atoms with Crippen LogP contribution >= 0.6 is 27.5 Å². The molecule has 112 valence electrons. The van der Waals surface area contributed by atoms with E-state index in [2.05, 4.69) is 15.9 Å². The van der Waals surface area contributed by atoms with E-state index < -0.39 is 0 Å². The van der Waals surface area contributed by atoms with Crippen molar-refractivity contribution in [3.8, 4) is 5.75 Å². The van der Waals surface area contributed by atoms with Crippen molar-refractivity contribution in [1.29, 1.82) is 0 Å². The summed E-state index contributed by atoms with van der Waals surface area (Å²) in [5.41, 5.74) is 11.5. The first kappa shape index (κ1) is 16.3. The largest absolute Gasteiger partial charge is 0.496 e. The van der Waals surface area contributed by atoms with Crippen LogP contribution < -0.4 is 10.5 Å². The van der Waals surface area contributed by atoms with E-state index in [-0.39, 0.29) is 6.04 Å². The number of ether oxygens (including phenoxy) is 1. The molecule has 0 amide bonds. The minimum absolute atomic E-state index is 0.330. The molecular formula is C17H19BrClNO. The Morgan fingerprint density at radius 2 is 1.86 bits per heavy atom. The smallest absolute Gasteiger partial charge is 0.127 e. The molecule has 0 saturated carbocycles. The summed E-state index contributed by atoms with van der Waals surface area (Å²) < 4.78 is 6.60. The Hall–Kier alpha value is -1.03. The maximum absolute atomic E-state index is 6.52. The zero-order chi connectivity index (χ0) is 15.7. The zero-order valence-electron chi connectivity index (χ0n) is 12.6. The van der Waals surface area contributed by atoms with Gasteiger partial charge in [-0.1, -0.05) is 45.7 Å². The lowest BCUT2D eigenvalue weighted by Crippen LogP contribution is -2.16. The molecule has 0 fully saturated rings. The highest BCUT2D eigenvalue weighted by molar-refractivity contribution is 9.10. The van der Waals surface area contributed by atoms with Crippen molar-refractivity contribution in [2.75, 3.05) is 7.11 Å². The molecule has 0 saturated heterocycles. The van der Waals surface area contributed by atoms with Gasteiger partial charge in [-0.15, -0.1) is 0 Å². The topological polar surface area (TPSA) is 35.2 Å². The fourth-order valence-electron chi connectivity index (χ4n) is 2.59. The Morgan fingerprint density at radius 1 is 1.19 bits per heavy atom. The summed E-state index contributed by atoms with van der Waals surface area (Å²) in [6, 6.07) is 7.64. The van der Waals surface area contributed by atoms with E-state index in [0.29, 0.717) is 5.02 Å². The van der Waals surface area contributed by atoms with E-state index in [1.165, 1.54) is 0 Å². The van der Waals surface area contributed by atoms with Gasteiger partial charge in [-0.2, -0.15) is 0 Å². The first-order chi connectivity index (χ1) is 9.88. The first-order valence-corrected chi connectivity index (χ1v) is 7.89. The van der Waals surface area contributed by atoms with Gasteiger partial charge in [0.15, 0.2) is 0 Å². The fourth-order valence-corrected chi connectivity index (χ4v) is 3.39. The lowest BCUT2D eigenvalue weighted by molar-refractivity contribution is 0.404. The number of methoxy groups -OCH3 is 1. The van der Waals surface area contributed by atoms with E-state index in [4.69, 9.17) is 22.1 Å². The molecule has 2 nitrogen and oxygen atoms in total. The third-order valence-corrected chi connectivity index (χ3v) is 5.12. The Bertz CT molecular complexity index is 685. The molecule has 0 bridgehead atoms. The second-order valence-corrected chi connectivity index (χ2v) is 6.44. The monoisotopic (exact) mass is 367 g/mol. The summed E-state index contributed by atoms with van der Waals surface area (Å²) in [6.45, 7) is 6.02. The van der Waals surface area contributed by atoms with Gasteiger partial charge in [0, 0.05) is 15.1 Å². The molecule has 2 rings (SSSR count).